The molecule has 0 aromatic heterocycles. The Hall–Kier alpha value is -0.820. The molecule has 78 valence electrons. The highest BCUT2D eigenvalue weighted by atomic mass is 14.6. The van der Waals surface area contributed by atoms with Crippen molar-refractivity contribution in [3.63, 3.8) is 0 Å². The van der Waals surface area contributed by atoms with E-state index in [0.29, 0.717) is 6.04 Å². The summed E-state index contributed by atoms with van der Waals surface area (Å²) in [6.45, 7) is 3.89. The molecule has 0 aliphatic heterocycles. The van der Waals surface area contributed by atoms with Gasteiger partial charge >= 0.3 is 0 Å². The van der Waals surface area contributed by atoms with Crippen LogP contribution in [-0.4, -0.2) is 6.04 Å². The van der Waals surface area contributed by atoms with Crippen LogP contribution in [0.4, 0.5) is 0 Å². The molecule has 0 atom stereocenters. The summed E-state index contributed by atoms with van der Waals surface area (Å²) in [4.78, 5) is 0. The molecule has 0 amide bonds. The molecular weight excluding hydrogens is 170 g/mol. The standard InChI is InChI=1S/C10H12.C3H9N/c1-2-6-10-8-4-3-7-9(10)5-1;1-3(2)4/h1-2,5-6H,3-4,7-8H2;3H,4H2,1-2H3. The third kappa shape index (κ3) is 3.93. The molecule has 0 heterocycles. The number of aryl methyl sites for hydroxylation is 2. The normalized spacial score (nSPS) is 14.3. The Morgan fingerprint density at radius 1 is 1.00 bits per heavy atom. The second-order valence-corrected chi connectivity index (χ2v) is 4.22. The minimum absolute atomic E-state index is 0.333. The molecule has 0 saturated heterocycles. The minimum Gasteiger partial charge on any atom is -0.328 e. The van der Waals surface area contributed by atoms with Gasteiger partial charge in [0.2, 0.25) is 0 Å². The zero-order chi connectivity index (χ0) is 10.4. The molecule has 0 bridgehead atoms. The van der Waals surface area contributed by atoms with Crippen molar-refractivity contribution in [3.8, 4) is 0 Å². The molecule has 1 nitrogen and oxygen atoms in total. The minimum atomic E-state index is 0.333. The first-order valence-corrected chi connectivity index (χ1v) is 5.52. The van der Waals surface area contributed by atoms with Gasteiger partial charge in [0, 0.05) is 0 Å². The zero-order valence-corrected chi connectivity index (χ0v) is 9.29. The Balaban J connectivity index is 0.000000213. The SMILES string of the molecule is CC(C)N.c1ccc2c(c1)CCCC2. The van der Waals surface area contributed by atoms with Gasteiger partial charge in [-0.05, 0) is 42.9 Å². The molecule has 0 saturated carbocycles. The monoisotopic (exact) mass is 191 g/mol. The van der Waals surface area contributed by atoms with Gasteiger partial charge in [-0.1, -0.05) is 38.1 Å². The van der Waals surface area contributed by atoms with Crippen LogP contribution in [0.15, 0.2) is 24.3 Å². The van der Waals surface area contributed by atoms with Crippen LogP contribution in [0.1, 0.15) is 37.8 Å². The number of fused-ring (bicyclic) bond motifs is 1. The van der Waals surface area contributed by atoms with Crippen LogP contribution in [0.5, 0.6) is 0 Å². The topological polar surface area (TPSA) is 26.0 Å². The summed E-state index contributed by atoms with van der Waals surface area (Å²) < 4.78 is 0. The first-order chi connectivity index (χ1) is 6.70. The molecule has 2 rings (SSSR count). The van der Waals surface area contributed by atoms with Crippen LogP contribution in [0.3, 0.4) is 0 Å². The average Bonchev–Trinajstić information content (AvgIpc) is 2.17. The largest absolute Gasteiger partial charge is 0.328 e. The first-order valence-electron chi connectivity index (χ1n) is 5.52. The highest BCUT2D eigenvalue weighted by Crippen LogP contribution is 2.19. The maximum absolute atomic E-state index is 5.11. The van der Waals surface area contributed by atoms with Crippen LogP contribution < -0.4 is 5.73 Å². The van der Waals surface area contributed by atoms with E-state index in [-0.39, 0.29) is 0 Å². The molecule has 1 aliphatic carbocycles. The van der Waals surface area contributed by atoms with Gasteiger partial charge in [0.1, 0.15) is 0 Å². The lowest BCUT2D eigenvalue weighted by Crippen LogP contribution is -2.06. The highest BCUT2D eigenvalue weighted by Gasteiger charge is 2.05. The molecular formula is C13H21N. The fraction of sp³-hybridized carbons (Fsp3) is 0.538. The maximum atomic E-state index is 5.11. The number of hydrogen-bond donors (Lipinski definition) is 1. The van der Waals surface area contributed by atoms with Crippen LogP contribution in [-0.2, 0) is 12.8 Å². The van der Waals surface area contributed by atoms with Crippen molar-refractivity contribution in [1.29, 1.82) is 0 Å². The van der Waals surface area contributed by atoms with Crippen molar-refractivity contribution in [1.82, 2.24) is 0 Å². The molecule has 14 heavy (non-hydrogen) atoms. The Bertz CT molecular complexity index is 238. The van der Waals surface area contributed by atoms with Crippen LogP contribution in [0.2, 0.25) is 0 Å². The van der Waals surface area contributed by atoms with Crippen molar-refractivity contribution < 1.29 is 0 Å². The molecule has 1 aliphatic rings. The summed E-state index contributed by atoms with van der Waals surface area (Å²) in [5.41, 5.74) is 8.27. The lowest BCUT2D eigenvalue weighted by Gasteiger charge is -2.13. The Morgan fingerprint density at radius 3 is 1.71 bits per heavy atom. The maximum Gasteiger partial charge on any atom is -0.00179 e. The fourth-order valence-electron chi connectivity index (χ4n) is 1.68. The van der Waals surface area contributed by atoms with E-state index in [9.17, 15) is 0 Å². The van der Waals surface area contributed by atoms with Gasteiger partial charge in [0.15, 0.2) is 0 Å². The van der Waals surface area contributed by atoms with E-state index in [1.165, 1.54) is 25.7 Å². The van der Waals surface area contributed by atoms with Gasteiger partial charge in [-0.25, -0.2) is 0 Å². The van der Waals surface area contributed by atoms with Crippen molar-refractivity contribution in [2.24, 2.45) is 5.73 Å². The average molecular weight is 191 g/mol. The lowest BCUT2D eigenvalue weighted by molar-refractivity contribution is 0.685. The van der Waals surface area contributed by atoms with Gasteiger partial charge in [-0.15, -0.1) is 0 Å². The summed E-state index contributed by atoms with van der Waals surface area (Å²) in [7, 11) is 0. The highest BCUT2D eigenvalue weighted by molar-refractivity contribution is 5.28. The third-order valence-electron chi connectivity index (χ3n) is 2.26. The molecule has 1 aromatic rings. The molecule has 1 aromatic carbocycles. The van der Waals surface area contributed by atoms with E-state index in [0.717, 1.165) is 0 Å². The van der Waals surface area contributed by atoms with Gasteiger partial charge in [-0.2, -0.15) is 0 Å². The molecule has 1 heteroatoms. The summed E-state index contributed by atoms with van der Waals surface area (Å²) in [5.74, 6) is 0. The van der Waals surface area contributed by atoms with Crippen molar-refractivity contribution in [3.05, 3.63) is 35.4 Å². The van der Waals surface area contributed by atoms with Crippen molar-refractivity contribution in [2.75, 3.05) is 0 Å². The van der Waals surface area contributed by atoms with E-state index in [4.69, 9.17) is 5.73 Å². The quantitative estimate of drug-likeness (QED) is 0.670. The molecule has 0 radical (unpaired) electrons. The predicted molar refractivity (Wildman–Crippen MR) is 62.4 cm³/mol. The van der Waals surface area contributed by atoms with Crippen LogP contribution in [0.25, 0.3) is 0 Å². The number of benzene rings is 1. The van der Waals surface area contributed by atoms with Crippen LogP contribution >= 0.6 is 0 Å². The summed E-state index contributed by atoms with van der Waals surface area (Å²) in [6, 6.07) is 9.14. The second kappa shape index (κ2) is 5.82. The van der Waals surface area contributed by atoms with E-state index in [1.54, 1.807) is 11.1 Å². The van der Waals surface area contributed by atoms with Crippen LogP contribution in [0, 0.1) is 0 Å². The Labute approximate surface area is 87.3 Å². The van der Waals surface area contributed by atoms with Gasteiger partial charge in [-0.3, -0.25) is 0 Å². The van der Waals surface area contributed by atoms with E-state index in [2.05, 4.69) is 24.3 Å². The summed E-state index contributed by atoms with van der Waals surface area (Å²) in [5, 5.41) is 0. The Kier molecular flexibility index (Phi) is 4.68. The number of nitrogens with two attached hydrogens (primary N) is 1. The molecule has 0 unspecified atom stereocenters. The van der Waals surface area contributed by atoms with E-state index >= 15 is 0 Å². The number of hydrogen-bond acceptors (Lipinski definition) is 1. The first kappa shape index (κ1) is 11.3. The summed E-state index contributed by atoms with van der Waals surface area (Å²) in [6.07, 6.45) is 5.38. The third-order valence-corrected chi connectivity index (χ3v) is 2.26. The Morgan fingerprint density at radius 2 is 1.36 bits per heavy atom. The van der Waals surface area contributed by atoms with Gasteiger partial charge in [0.05, 0.1) is 0 Å². The van der Waals surface area contributed by atoms with Gasteiger partial charge < -0.3 is 5.73 Å². The lowest BCUT2D eigenvalue weighted by atomic mass is 9.92. The summed E-state index contributed by atoms with van der Waals surface area (Å²) >= 11 is 0. The molecule has 2 N–H and O–H groups in total. The van der Waals surface area contributed by atoms with Crippen molar-refractivity contribution >= 4 is 0 Å². The van der Waals surface area contributed by atoms with E-state index in [1.807, 2.05) is 13.8 Å². The zero-order valence-electron chi connectivity index (χ0n) is 9.29. The van der Waals surface area contributed by atoms with Gasteiger partial charge in [0.25, 0.3) is 0 Å². The van der Waals surface area contributed by atoms with E-state index < -0.39 is 0 Å². The fourth-order valence-corrected chi connectivity index (χ4v) is 1.68. The predicted octanol–water partition coefficient (Wildman–Crippen LogP) is 2.92. The van der Waals surface area contributed by atoms with Crippen molar-refractivity contribution in [2.45, 2.75) is 45.6 Å². The smallest absolute Gasteiger partial charge is 0.00179 e. The molecule has 0 fully saturated rings. The number of rotatable bonds is 0. The molecule has 0 spiro atoms. The second-order valence-electron chi connectivity index (χ2n) is 4.22.